The highest BCUT2D eigenvalue weighted by atomic mass is 16.5. The zero-order valence-corrected chi connectivity index (χ0v) is 22.2. The number of ether oxygens (including phenoxy) is 1. The molecule has 0 radical (unpaired) electrons. The van der Waals surface area contributed by atoms with E-state index in [0.29, 0.717) is 22.5 Å². The van der Waals surface area contributed by atoms with Crippen LogP contribution in [-0.4, -0.2) is 63.2 Å². The van der Waals surface area contributed by atoms with Gasteiger partial charge in [-0.2, -0.15) is 5.10 Å². The number of H-pyrrole nitrogens is 1. The molecule has 6 rings (SSSR count). The van der Waals surface area contributed by atoms with E-state index >= 15 is 0 Å². The van der Waals surface area contributed by atoms with Gasteiger partial charge in [0.05, 0.1) is 48.2 Å². The van der Waals surface area contributed by atoms with Crippen LogP contribution in [0.3, 0.4) is 0 Å². The average molecular weight is 528 g/mol. The molecular formula is C29H33N7O3. The predicted molar refractivity (Wildman–Crippen MR) is 150 cm³/mol. The highest BCUT2D eigenvalue weighted by Crippen LogP contribution is 2.31. The second-order valence-electron chi connectivity index (χ2n) is 9.44. The third kappa shape index (κ3) is 6.47. The van der Waals surface area contributed by atoms with Crippen LogP contribution in [0.5, 0.6) is 0 Å². The molecule has 1 aliphatic carbocycles. The van der Waals surface area contributed by atoms with Crippen LogP contribution in [0.2, 0.25) is 0 Å². The molecule has 1 saturated carbocycles. The molecule has 0 spiro atoms. The first-order valence-corrected chi connectivity index (χ1v) is 13.4. The molecule has 1 saturated heterocycles. The van der Waals surface area contributed by atoms with Crippen molar-refractivity contribution in [3.8, 4) is 11.1 Å². The van der Waals surface area contributed by atoms with Crippen LogP contribution in [-0.2, 0) is 16.1 Å². The number of nitrogens with zero attached hydrogens (tertiary/aromatic N) is 4. The molecular weight excluding hydrogens is 494 g/mol. The predicted octanol–water partition coefficient (Wildman–Crippen LogP) is 4.48. The molecule has 1 aromatic carbocycles. The molecule has 2 fully saturated rings. The maximum absolute atomic E-state index is 13.1. The number of hydrogen-bond donors (Lipinski definition) is 3. The second-order valence-corrected chi connectivity index (χ2v) is 9.44. The minimum absolute atomic E-state index is 0.0341. The van der Waals surface area contributed by atoms with Crippen molar-refractivity contribution in [3.05, 3.63) is 66.4 Å². The first-order valence-electron chi connectivity index (χ1n) is 13.4. The van der Waals surface area contributed by atoms with Crippen molar-refractivity contribution in [3.63, 3.8) is 0 Å². The van der Waals surface area contributed by atoms with Crippen molar-refractivity contribution in [2.75, 3.05) is 36.9 Å². The summed E-state index contributed by atoms with van der Waals surface area (Å²) in [5, 5.41) is 13.7. The van der Waals surface area contributed by atoms with E-state index in [2.05, 4.69) is 35.7 Å². The van der Waals surface area contributed by atoms with Crippen molar-refractivity contribution in [2.45, 2.75) is 33.2 Å². The quantitative estimate of drug-likeness (QED) is 0.324. The zero-order chi connectivity index (χ0) is 27.2. The number of carbonyl (C=O) groups is 2. The summed E-state index contributed by atoms with van der Waals surface area (Å²) >= 11 is 0. The highest BCUT2D eigenvalue weighted by Gasteiger charge is 2.29. The van der Waals surface area contributed by atoms with Gasteiger partial charge in [0.25, 0.3) is 5.91 Å². The molecule has 4 aromatic rings. The summed E-state index contributed by atoms with van der Waals surface area (Å²) in [4.78, 5) is 36.3. The van der Waals surface area contributed by atoms with Gasteiger partial charge in [-0.15, -0.1) is 0 Å². The number of carbonyl (C=O) groups excluding carboxylic acids is 2. The van der Waals surface area contributed by atoms with E-state index in [0.717, 1.165) is 68.0 Å². The number of benzene rings is 1. The van der Waals surface area contributed by atoms with Crippen molar-refractivity contribution >= 4 is 34.1 Å². The lowest BCUT2D eigenvalue weighted by Gasteiger charge is -2.26. The third-order valence-electron chi connectivity index (χ3n) is 6.64. The molecule has 1 aliphatic heterocycles. The molecule has 0 unspecified atom stereocenters. The van der Waals surface area contributed by atoms with E-state index in [1.54, 1.807) is 18.6 Å². The summed E-state index contributed by atoms with van der Waals surface area (Å²) in [6, 6.07) is 11.4. The highest BCUT2D eigenvalue weighted by molar-refractivity contribution is 6.11. The van der Waals surface area contributed by atoms with Crippen LogP contribution in [0.15, 0.2) is 55.0 Å². The van der Waals surface area contributed by atoms with Crippen LogP contribution in [0.1, 0.15) is 42.9 Å². The number of pyridine rings is 2. The molecule has 202 valence electrons. The number of morpholine rings is 1. The molecule has 10 nitrogen and oxygen atoms in total. The number of anilines is 2. The number of rotatable bonds is 7. The lowest BCUT2D eigenvalue weighted by Crippen LogP contribution is -2.35. The summed E-state index contributed by atoms with van der Waals surface area (Å²) < 4.78 is 5.39. The average Bonchev–Trinajstić information content (AvgIpc) is 3.75. The van der Waals surface area contributed by atoms with Crippen LogP contribution < -0.4 is 10.6 Å². The number of amides is 2. The summed E-state index contributed by atoms with van der Waals surface area (Å²) in [6.07, 6.45) is 6.92. The van der Waals surface area contributed by atoms with E-state index < -0.39 is 0 Å². The minimum atomic E-state index is -0.324. The molecule has 3 N–H and O–H groups in total. The topological polar surface area (TPSA) is 125 Å². The van der Waals surface area contributed by atoms with Gasteiger partial charge >= 0.3 is 0 Å². The van der Waals surface area contributed by atoms with Gasteiger partial charge in [0.15, 0.2) is 5.69 Å². The monoisotopic (exact) mass is 527 g/mol. The number of nitrogens with one attached hydrogen (secondary N) is 3. The van der Waals surface area contributed by atoms with E-state index in [4.69, 9.17) is 4.74 Å². The van der Waals surface area contributed by atoms with Gasteiger partial charge < -0.3 is 15.4 Å². The van der Waals surface area contributed by atoms with Crippen LogP contribution in [0.25, 0.3) is 22.0 Å². The molecule has 4 heterocycles. The van der Waals surface area contributed by atoms with Gasteiger partial charge in [-0.1, -0.05) is 19.9 Å². The van der Waals surface area contributed by atoms with Gasteiger partial charge in [-0.25, -0.2) is 0 Å². The van der Waals surface area contributed by atoms with Gasteiger partial charge in [0.1, 0.15) is 0 Å². The number of aromatic amines is 1. The number of hydrogen-bond acceptors (Lipinski definition) is 7. The minimum Gasteiger partial charge on any atom is -0.379 e. The Morgan fingerprint density at radius 1 is 0.974 bits per heavy atom. The Hall–Kier alpha value is -4.15. The molecule has 2 amide bonds. The Labute approximate surface area is 227 Å². The molecule has 0 atom stereocenters. The van der Waals surface area contributed by atoms with E-state index in [-0.39, 0.29) is 17.7 Å². The zero-order valence-electron chi connectivity index (χ0n) is 22.2. The van der Waals surface area contributed by atoms with Crippen LogP contribution in [0.4, 0.5) is 11.4 Å². The Morgan fingerprint density at radius 2 is 1.79 bits per heavy atom. The largest absolute Gasteiger partial charge is 0.379 e. The maximum Gasteiger partial charge on any atom is 0.276 e. The van der Waals surface area contributed by atoms with E-state index in [9.17, 15) is 9.59 Å². The van der Waals surface area contributed by atoms with Crippen molar-refractivity contribution < 1.29 is 14.3 Å². The van der Waals surface area contributed by atoms with E-state index in [1.807, 2.05) is 50.2 Å². The number of aromatic nitrogens is 4. The maximum atomic E-state index is 13.1. The van der Waals surface area contributed by atoms with Gasteiger partial charge in [0.2, 0.25) is 5.91 Å². The Morgan fingerprint density at radius 3 is 2.54 bits per heavy atom. The Kier molecular flexibility index (Phi) is 8.24. The Bertz CT molecular complexity index is 1440. The SMILES string of the molecule is CC.O=C(Nc1ccc(CN2CCOCC2)nc1)c1n[nH]c2ccc(-c3cncc(NC(=O)C4CC4)c3)cc12. The van der Waals surface area contributed by atoms with Gasteiger partial charge in [-0.3, -0.25) is 29.6 Å². The second kappa shape index (κ2) is 12.1. The summed E-state index contributed by atoms with van der Waals surface area (Å²) in [7, 11) is 0. The van der Waals surface area contributed by atoms with Crippen LogP contribution in [0, 0.1) is 5.92 Å². The summed E-state index contributed by atoms with van der Waals surface area (Å²) in [5.74, 6) is -0.176. The van der Waals surface area contributed by atoms with Gasteiger partial charge in [-0.05, 0) is 48.7 Å². The summed E-state index contributed by atoms with van der Waals surface area (Å²) in [6.45, 7) is 8.02. The fourth-order valence-electron chi connectivity index (χ4n) is 4.39. The summed E-state index contributed by atoms with van der Waals surface area (Å²) in [5.41, 5.74) is 4.95. The normalized spacial score (nSPS) is 15.3. The molecule has 0 bridgehead atoms. The van der Waals surface area contributed by atoms with Crippen molar-refractivity contribution in [1.82, 2.24) is 25.1 Å². The standard InChI is InChI=1S/C27H27N7O3.C2H6/c35-26(17-1-2-17)31-22-11-19(13-28-14-22)18-3-6-24-23(12-18)25(33-32-24)27(36)30-20-4-5-21(29-15-20)16-34-7-9-37-10-8-34;1-2/h3-6,11-15,17H,1-2,7-10,16H2,(H,30,36)(H,31,35)(H,32,33);1-2H3. The lowest BCUT2D eigenvalue weighted by molar-refractivity contribution is -0.117. The smallest absolute Gasteiger partial charge is 0.276 e. The lowest BCUT2D eigenvalue weighted by atomic mass is 10.0. The number of fused-ring (bicyclic) bond motifs is 1. The third-order valence-corrected chi connectivity index (χ3v) is 6.64. The van der Waals surface area contributed by atoms with Crippen molar-refractivity contribution in [2.24, 2.45) is 5.92 Å². The van der Waals surface area contributed by atoms with Gasteiger partial charge in [0, 0.05) is 42.7 Å². The Balaban J connectivity index is 0.00000151. The fraction of sp³-hybridized carbons (Fsp3) is 0.345. The van der Waals surface area contributed by atoms with Crippen LogP contribution >= 0.6 is 0 Å². The fourth-order valence-corrected chi connectivity index (χ4v) is 4.39. The van der Waals surface area contributed by atoms with Crippen molar-refractivity contribution in [1.29, 1.82) is 0 Å². The molecule has 3 aromatic heterocycles. The first-order chi connectivity index (χ1) is 19.1. The first kappa shape index (κ1) is 26.5. The molecule has 39 heavy (non-hydrogen) atoms. The molecule has 2 aliphatic rings. The van der Waals surface area contributed by atoms with E-state index in [1.165, 1.54) is 0 Å². The molecule has 10 heteroatoms.